The molecule has 0 aliphatic rings. The minimum atomic E-state index is 0.460. The van der Waals surface area contributed by atoms with Crippen molar-refractivity contribution in [1.29, 1.82) is 0 Å². The van der Waals surface area contributed by atoms with E-state index in [4.69, 9.17) is 16.3 Å². The Morgan fingerprint density at radius 2 is 2.29 bits per heavy atom. The summed E-state index contributed by atoms with van der Waals surface area (Å²) in [6.07, 6.45) is 5.53. The molecule has 0 saturated carbocycles. The lowest BCUT2D eigenvalue weighted by molar-refractivity contribution is 0.181. The van der Waals surface area contributed by atoms with Crippen LogP contribution in [0.5, 0.6) is 0 Å². The van der Waals surface area contributed by atoms with Crippen molar-refractivity contribution in [2.75, 3.05) is 18.6 Å². The summed E-state index contributed by atoms with van der Waals surface area (Å²) in [5, 5.41) is 6.78. The standard InChI is InChI=1S/C14H18ClN5O/c1-11-18-13(10-21-2)6-14(19-11)20(5-3-4-15)9-12-7-16-17-8-12/h3-4,6-8H,5,9-10H2,1-2H3,(H,16,17)/b4-3+. The smallest absolute Gasteiger partial charge is 0.133 e. The second kappa shape index (κ2) is 7.75. The van der Waals surface area contributed by atoms with E-state index >= 15 is 0 Å². The monoisotopic (exact) mass is 307 g/mol. The molecular weight excluding hydrogens is 290 g/mol. The van der Waals surface area contributed by atoms with Crippen molar-refractivity contribution in [1.82, 2.24) is 20.2 Å². The largest absolute Gasteiger partial charge is 0.378 e. The zero-order chi connectivity index (χ0) is 15.1. The summed E-state index contributed by atoms with van der Waals surface area (Å²) < 4.78 is 5.15. The summed E-state index contributed by atoms with van der Waals surface area (Å²) in [6.45, 7) is 3.66. The highest BCUT2D eigenvalue weighted by atomic mass is 35.5. The molecule has 0 aliphatic carbocycles. The number of hydrogen-bond donors (Lipinski definition) is 1. The van der Waals surface area contributed by atoms with Gasteiger partial charge in [-0.25, -0.2) is 9.97 Å². The van der Waals surface area contributed by atoms with E-state index in [0.717, 1.165) is 17.1 Å². The second-order valence-corrected chi connectivity index (χ2v) is 4.80. The summed E-state index contributed by atoms with van der Waals surface area (Å²) >= 11 is 5.65. The average molecular weight is 308 g/mol. The van der Waals surface area contributed by atoms with Gasteiger partial charge in [0.25, 0.3) is 0 Å². The Morgan fingerprint density at radius 3 is 2.95 bits per heavy atom. The highest BCUT2D eigenvalue weighted by molar-refractivity contribution is 6.25. The number of rotatable bonds is 7. The quantitative estimate of drug-likeness (QED) is 0.851. The minimum Gasteiger partial charge on any atom is -0.378 e. The molecule has 0 fully saturated rings. The Balaban J connectivity index is 2.26. The van der Waals surface area contributed by atoms with Crippen molar-refractivity contribution in [3.63, 3.8) is 0 Å². The van der Waals surface area contributed by atoms with Crippen LogP contribution in [-0.4, -0.2) is 33.8 Å². The summed E-state index contributed by atoms with van der Waals surface area (Å²) in [5.74, 6) is 1.55. The third kappa shape index (κ3) is 4.54. The van der Waals surface area contributed by atoms with E-state index in [0.29, 0.717) is 25.5 Å². The average Bonchev–Trinajstić information content (AvgIpc) is 2.96. The van der Waals surface area contributed by atoms with Gasteiger partial charge in [0.1, 0.15) is 11.6 Å². The van der Waals surface area contributed by atoms with Gasteiger partial charge in [0.05, 0.1) is 18.5 Å². The van der Waals surface area contributed by atoms with Crippen LogP contribution in [0.15, 0.2) is 30.1 Å². The highest BCUT2D eigenvalue weighted by Gasteiger charge is 2.11. The van der Waals surface area contributed by atoms with Gasteiger partial charge in [-0.05, 0) is 6.92 Å². The molecule has 0 atom stereocenters. The number of anilines is 1. The fraction of sp³-hybridized carbons (Fsp3) is 0.357. The van der Waals surface area contributed by atoms with Crippen molar-refractivity contribution in [3.05, 3.63) is 47.2 Å². The number of aryl methyl sites for hydroxylation is 1. The maximum absolute atomic E-state index is 5.65. The van der Waals surface area contributed by atoms with Crippen molar-refractivity contribution in [2.24, 2.45) is 0 Å². The molecule has 2 heterocycles. The number of hydrogen-bond acceptors (Lipinski definition) is 5. The van der Waals surface area contributed by atoms with E-state index in [9.17, 15) is 0 Å². The number of aromatic amines is 1. The number of nitrogens with zero attached hydrogens (tertiary/aromatic N) is 4. The Bertz CT molecular complexity index is 585. The van der Waals surface area contributed by atoms with Crippen LogP contribution in [0.4, 0.5) is 5.82 Å². The first-order valence-electron chi connectivity index (χ1n) is 6.54. The zero-order valence-electron chi connectivity index (χ0n) is 12.1. The molecule has 7 heteroatoms. The predicted molar refractivity (Wildman–Crippen MR) is 82.1 cm³/mol. The molecule has 2 aromatic heterocycles. The van der Waals surface area contributed by atoms with Gasteiger partial charge < -0.3 is 9.64 Å². The van der Waals surface area contributed by atoms with Crippen molar-refractivity contribution < 1.29 is 4.74 Å². The third-order valence-corrected chi connectivity index (χ3v) is 3.02. The van der Waals surface area contributed by atoms with Crippen LogP contribution in [-0.2, 0) is 17.9 Å². The summed E-state index contributed by atoms with van der Waals surface area (Å²) in [5.41, 5.74) is 3.43. The molecule has 2 rings (SSSR count). The van der Waals surface area contributed by atoms with Gasteiger partial charge in [-0.15, -0.1) is 0 Å². The normalized spacial score (nSPS) is 11.2. The summed E-state index contributed by atoms with van der Waals surface area (Å²) in [7, 11) is 1.65. The molecule has 0 spiro atoms. The minimum absolute atomic E-state index is 0.460. The fourth-order valence-electron chi connectivity index (χ4n) is 1.99. The SMILES string of the molecule is COCc1cc(N(C/C=C/Cl)Cc2cn[nH]c2)nc(C)n1. The van der Waals surface area contributed by atoms with Crippen LogP contribution in [0.2, 0.25) is 0 Å². The van der Waals surface area contributed by atoms with E-state index in [1.165, 1.54) is 5.54 Å². The fourth-order valence-corrected chi connectivity index (χ4v) is 2.07. The molecule has 2 aromatic rings. The molecule has 0 saturated heterocycles. The second-order valence-electron chi connectivity index (χ2n) is 4.55. The number of nitrogens with one attached hydrogen (secondary N) is 1. The van der Waals surface area contributed by atoms with Gasteiger partial charge in [0.15, 0.2) is 0 Å². The van der Waals surface area contributed by atoms with Gasteiger partial charge in [-0.2, -0.15) is 5.10 Å². The maximum atomic E-state index is 5.65. The molecular formula is C14H18ClN5O. The summed E-state index contributed by atoms with van der Waals surface area (Å²) in [4.78, 5) is 11.0. The molecule has 1 N–H and O–H groups in total. The first-order valence-corrected chi connectivity index (χ1v) is 6.98. The van der Waals surface area contributed by atoms with Crippen LogP contribution in [0.25, 0.3) is 0 Å². The maximum Gasteiger partial charge on any atom is 0.133 e. The van der Waals surface area contributed by atoms with E-state index in [2.05, 4.69) is 25.1 Å². The van der Waals surface area contributed by atoms with E-state index in [1.54, 1.807) is 13.3 Å². The highest BCUT2D eigenvalue weighted by Crippen LogP contribution is 2.16. The van der Waals surface area contributed by atoms with Crippen LogP contribution in [0.1, 0.15) is 17.1 Å². The van der Waals surface area contributed by atoms with Gasteiger partial charge in [-0.3, -0.25) is 5.10 Å². The van der Waals surface area contributed by atoms with Crippen LogP contribution < -0.4 is 4.90 Å². The lowest BCUT2D eigenvalue weighted by atomic mass is 10.3. The van der Waals surface area contributed by atoms with Crippen molar-refractivity contribution in [2.45, 2.75) is 20.1 Å². The molecule has 6 nitrogen and oxygen atoms in total. The van der Waals surface area contributed by atoms with E-state index in [-0.39, 0.29) is 0 Å². The number of aromatic nitrogens is 4. The third-order valence-electron chi connectivity index (χ3n) is 2.84. The molecule has 0 bridgehead atoms. The van der Waals surface area contributed by atoms with Gasteiger partial charge in [-0.1, -0.05) is 17.7 Å². The van der Waals surface area contributed by atoms with Crippen LogP contribution >= 0.6 is 11.6 Å². The lowest BCUT2D eigenvalue weighted by Crippen LogP contribution is -2.24. The number of halogens is 1. The molecule has 21 heavy (non-hydrogen) atoms. The first kappa shape index (κ1) is 15.5. The lowest BCUT2D eigenvalue weighted by Gasteiger charge is -2.22. The van der Waals surface area contributed by atoms with Crippen molar-refractivity contribution in [3.8, 4) is 0 Å². The molecule has 112 valence electrons. The molecule has 0 radical (unpaired) electrons. The van der Waals surface area contributed by atoms with Gasteiger partial charge >= 0.3 is 0 Å². The Labute approximate surface area is 128 Å². The number of methoxy groups -OCH3 is 1. The Kier molecular flexibility index (Phi) is 5.71. The molecule has 0 amide bonds. The topological polar surface area (TPSA) is 66.9 Å². The zero-order valence-corrected chi connectivity index (χ0v) is 12.8. The molecule has 0 aromatic carbocycles. The number of ether oxygens (including phenoxy) is 1. The van der Waals surface area contributed by atoms with Crippen LogP contribution in [0, 0.1) is 6.92 Å². The number of H-pyrrole nitrogens is 1. The Morgan fingerprint density at radius 1 is 1.43 bits per heavy atom. The molecule has 0 unspecified atom stereocenters. The molecule has 0 aliphatic heterocycles. The predicted octanol–water partition coefficient (Wildman–Crippen LogP) is 2.41. The van der Waals surface area contributed by atoms with Crippen molar-refractivity contribution >= 4 is 17.4 Å². The Hall–Kier alpha value is -1.92. The van der Waals surface area contributed by atoms with E-state index in [1.807, 2.05) is 25.3 Å². The van der Waals surface area contributed by atoms with Gasteiger partial charge in [0, 0.05) is 43.6 Å². The van der Waals surface area contributed by atoms with Gasteiger partial charge in [0.2, 0.25) is 0 Å². The van der Waals surface area contributed by atoms with E-state index < -0.39 is 0 Å². The van der Waals surface area contributed by atoms with Crippen LogP contribution in [0.3, 0.4) is 0 Å². The summed E-state index contributed by atoms with van der Waals surface area (Å²) in [6, 6.07) is 1.93. The first-order chi connectivity index (χ1) is 10.2.